The van der Waals surface area contributed by atoms with E-state index in [1.165, 1.54) is 31.5 Å². The van der Waals surface area contributed by atoms with E-state index in [9.17, 15) is 4.79 Å². The van der Waals surface area contributed by atoms with E-state index < -0.39 is 23.4 Å². The van der Waals surface area contributed by atoms with E-state index in [1.807, 2.05) is 0 Å². The van der Waals surface area contributed by atoms with Gasteiger partial charge in [-0.1, -0.05) is 0 Å². The lowest BCUT2D eigenvalue weighted by atomic mass is 10.0. The van der Waals surface area contributed by atoms with Crippen molar-refractivity contribution in [1.82, 2.24) is 20.5 Å². The van der Waals surface area contributed by atoms with Gasteiger partial charge in [0.2, 0.25) is 0 Å². The van der Waals surface area contributed by atoms with E-state index in [0.717, 1.165) is 11.0 Å². The normalized spacial score (nSPS) is 13.4. The Balaban J connectivity index is 1.89. The molecule has 1 aromatic carbocycles. The molecule has 12 heteroatoms. The molecule has 4 rings (SSSR count). The van der Waals surface area contributed by atoms with Crippen molar-refractivity contribution in [2.24, 2.45) is 0 Å². The molecule has 1 aliphatic rings. The van der Waals surface area contributed by atoms with Crippen LogP contribution in [0.15, 0.2) is 42.9 Å². The third-order valence-electron chi connectivity index (χ3n) is 5.78. The number of benzene rings is 1. The molecule has 0 radical (unpaired) electrons. The first-order valence-electron chi connectivity index (χ1n) is 11.2. The van der Waals surface area contributed by atoms with Crippen LogP contribution in [-0.2, 0) is 13.1 Å². The summed E-state index contributed by atoms with van der Waals surface area (Å²) in [4.78, 5) is 20.6. The summed E-state index contributed by atoms with van der Waals surface area (Å²) in [5.74, 6) is -2.63. The van der Waals surface area contributed by atoms with Gasteiger partial charge in [-0.15, -0.1) is 0 Å². The number of aromatic nitrogens is 3. The third kappa shape index (κ3) is 4.77. The first-order valence-corrected chi connectivity index (χ1v) is 11.2. The average molecular weight is 510 g/mol. The summed E-state index contributed by atoms with van der Waals surface area (Å²) in [5, 5.41) is 18.9. The number of methoxy groups -OCH3 is 2. The number of urea groups is 1. The summed E-state index contributed by atoms with van der Waals surface area (Å²) < 4.78 is 40.9. The summed E-state index contributed by atoms with van der Waals surface area (Å²) in [5.41, 5.74) is 2.08. The molecule has 10 nitrogen and oxygen atoms in total. The maximum Gasteiger partial charge on any atom is 0.329 e. The van der Waals surface area contributed by atoms with Gasteiger partial charge in [-0.05, 0) is 25.1 Å². The van der Waals surface area contributed by atoms with Crippen molar-refractivity contribution >= 4 is 28.7 Å². The monoisotopic (exact) mass is 509 g/mol. The van der Waals surface area contributed by atoms with Gasteiger partial charge in [0.25, 0.3) is 0 Å². The number of nitrogens with one attached hydrogen (secondary N) is 2. The molecule has 0 fully saturated rings. The molecule has 192 valence electrons. The molecule has 0 bridgehead atoms. The molecule has 37 heavy (non-hydrogen) atoms. The lowest BCUT2D eigenvalue weighted by Gasteiger charge is -2.37. The van der Waals surface area contributed by atoms with Crippen molar-refractivity contribution in [3.05, 3.63) is 71.4 Å². The molecule has 0 aliphatic carbocycles. The second-order valence-electron chi connectivity index (χ2n) is 8.10. The zero-order valence-electron chi connectivity index (χ0n) is 20.7. The van der Waals surface area contributed by atoms with E-state index in [-0.39, 0.29) is 30.3 Å². The summed E-state index contributed by atoms with van der Waals surface area (Å²) in [6.45, 7) is 1.42. The van der Waals surface area contributed by atoms with Crippen molar-refractivity contribution < 1.29 is 23.0 Å². The van der Waals surface area contributed by atoms with Crippen LogP contribution in [-0.4, -0.2) is 48.2 Å². The van der Waals surface area contributed by atoms with Crippen molar-refractivity contribution in [3.8, 4) is 11.5 Å². The van der Waals surface area contributed by atoms with Gasteiger partial charge < -0.3 is 20.2 Å². The molecule has 3 aromatic rings. The fourth-order valence-electron chi connectivity index (χ4n) is 4.02. The maximum atomic E-state index is 15.4. The Kier molecular flexibility index (Phi) is 7.27. The first-order chi connectivity index (χ1) is 17.8. The molecular formula is C25H25F2N7O3. The molecular weight excluding hydrogens is 484 g/mol. The van der Waals surface area contributed by atoms with Crippen molar-refractivity contribution in [3.63, 3.8) is 0 Å². The molecule has 1 aliphatic heterocycles. The van der Waals surface area contributed by atoms with Crippen LogP contribution in [0.2, 0.25) is 0 Å². The van der Waals surface area contributed by atoms with Crippen LogP contribution in [0.25, 0.3) is 5.57 Å². The van der Waals surface area contributed by atoms with E-state index in [4.69, 9.17) is 14.9 Å². The Morgan fingerprint density at radius 2 is 1.92 bits per heavy atom. The second kappa shape index (κ2) is 10.6. The molecule has 0 saturated carbocycles. The molecule has 0 saturated heterocycles. The van der Waals surface area contributed by atoms with Crippen LogP contribution in [0.5, 0.6) is 11.5 Å². The number of ether oxygens (including phenoxy) is 2. The lowest BCUT2D eigenvalue weighted by Crippen LogP contribution is -2.48. The highest BCUT2D eigenvalue weighted by Gasteiger charge is 2.37. The molecule has 2 aromatic heterocycles. The summed E-state index contributed by atoms with van der Waals surface area (Å²) >= 11 is 0. The number of carbonyl (C=O) groups excluding carboxylic acids is 1. The van der Waals surface area contributed by atoms with Gasteiger partial charge in [-0.2, -0.15) is 10.2 Å². The van der Waals surface area contributed by atoms with Gasteiger partial charge in [0.1, 0.15) is 5.69 Å². The summed E-state index contributed by atoms with van der Waals surface area (Å²) in [6, 6.07) is 5.41. The number of hydrogen-bond acceptors (Lipinski definition) is 8. The topological polar surface area (TPSA) is 117 Å². The van der Waals surface area contributed by atoms with Crippen LogP contribution in [0.3, 0.4) is 0 Å². The Bertz CT molecular complexity index is 1350. The average Bonchev–Trinajstić information content (AvgIpc) is 2.90. The smallest absolute Gasteiger partial charge is 0.329 e. The van der Waals surface area contributed by atoms with Gasteiger partial charge in [-0.3, -0.25) is 14.8 Å². The predicted octanol–water partition coefficient (Wildman–Crippen LogP) is 3.91. The number of amides is 2. The molecule has 0 spiro atoms. The van der Waals surface area contributed by atoms with Crippen molar-refractivity contribution in [2.75, 3.05) is 31.1 Å². The maximum absolute atomic E-state index is 15.4. The fraction of sp³-hybridized carbons (Fsp3) is 0.240. The second-order valence-corrected chi connectivity index (χ2v) is 8.10. The quantitative estimate of drug-likeness (QED) is 0.442. The Labute approximate surface area is 212 Å². The SMILES string of the molecule is CN/C=C(\C(C)=N)c1cc2c(cn1)CN(c1c(F)c(OC)cc(OC)c1F)C(=O)N2Cc1cccnn1. The van der Waals surface area contributed by atoms with Crippen LogP contribution in [0.1, 0.15) is 23.9 Å². The fourth-order valence-corrected chi connectivity index (χ4v) is 4.02. The minimum absolute atomic E-state index is 0.0292. The van der Waals surface area contributed by atoms with Gasteiger partial charge in [-0.25, -0.2) is 13.6 Å². The number of nitrogens with zero attached hydrogens (tertiary/aromatic N) is 5. The standard InChI is InChI=1S/C25H25F2N7O3/c1-14(28)17(11-29-2)18-8-19-15(10-30-18)12-34(25(35)33(19)13-16-6-5-7-31-32-16)24-22(26)20(36-3)9-21(37-4)23(24)27/h5-11,28-29H,12-13H2,1-4H3/b17-11+,28-14?. The van der Waals surface area contributed by atoms with Crippen molar-refractivity contribution in [1.29, 1.82) is 5.41 Å². The van der Waals surface area contributed by atoms with Gasteiger partial charge >= 0.3 is 6.03 Å². The lowest BCUT2D eigenvalue weighted by molar-refractivity contribution is 0.249. The van der Waals surface area contributed by atoms with E-state index in [1.54, 1.807) is 38.4 Å². The highest BCUT2D eigenvalue weighted by Crippen LogP contribution is 2.41. The minimum atomic E-state index is -1.04. The number of hydrogen-bond donors (Lipinski definition) is 2. The molecule has 2 amide bonds. The zero-order valence-corrected chi connectivity index (χ0v) is 20.7. The molecule has 0 atom stereocenters. The number of pyridine rings is 1. The molecule has 3 heterocycles. The number of fused-ring (bicyclic) bond motifs is 1. The Morgan fingerprint density at radius 3 is 2.49 bits per heavy atom. The van der Waals surface area contributed by atoms with E-state index >= 15 is 8.78 Å². The number of allylic oxidation sites excluding steroid dienone is 1. The minimum Gasteiger partial charge on any atom is -0.493 e. The van der Waals surface area contributed by atoms with Crippen LogP contribution in [0, 0.1) is 17.0 Å². The Morgan fingerprint density at radius 1 is 1.22 bits per heavy atom. The highest BCUT2D eigenvalue weighted by atomic mass is 19.1. The highest BCUT2D eigenvalue weighted by molar-refractivity contribution is 6.20. The molecule has 0 unspecified atom stereocenters. The first kappa shape index (κ1) is 25.5. The number of rotatable bonds is 8. The van der Waals surface area contributed by atoms with Gasteiger partial charge in [0.15, 0.2) is 23.1 Å². The Hall–Kier alpha value is -4.61. The number of anilines is 2. The third-order valence-corrected chi connectivity index (χ3v) is 5.78. The van der Waals surface area contributed by atoms with Crippen molar-refractivity contribution in [2.45, 2.75) is 20.0 Å². The van der Waals surface area contributed by atoms with Gasteiger partial charge in [0.05, 0.1) is 44.4 Å². The number of halogens is 2. The number of carbonyl (C=O) groups is 1. The summed E-state index contributed by atoms with van der Waals surface area (Å²) in [7, 11) is 4.18. The predicted molar refractivity (Wildman–Crippen MR) is 134 cm³/mol. The zero-order chi connectivity index (χ0) is 26.7. The van der Waals surface area contributed by atoms with Crippen LogP contribution < -0.4 is 24.6 Å². The van der Waals surface area contributed by atoms with E-state index in [0.29, 0.717) is 28.2 Å². The molecule has 2 N–H and O–H groups in total. The van der Waals surface area contributed by atoms with E-state index in [2.05, 4.69) is 20.5 Å². The summed E-state index contributed by atoms with van der Waals surface area (Å²) in [6.07, 6.45) is 4.65. The van der Waals surface area contributed by atoms with Gasteiger partial charge in [0, 0.05) is 48.6 Å². The van der Waals surface area contributed by atoms with Crippen LogP contribution >= 0.6 is 0 Å². The van der Waals surface area contributed by atoms with Crippen LogP contribution in [0.4, 0.5) is 25.0 Å². The largest absolute Gasteiger partial charge is 0.493 e.